The number of carbonyl (C=O) groups is 3. The summed E-state index contributed by atoms with van der Waals surface area (Å²) in [5, 5.41) is 11.5. The van der Waals surface area contributed by atoms with Crippen LogP contribution in [0.2, 0.25) is 0 Å². The van der Waals surface area contributed by atoms with Crippen LogP contribution in [0.15, 0.2) is 48.5 Å². The number of aliphatic carboxylic acids is 1. The van der Waals surface area contributed by atoms with Crippen molar-refractivity contribution in [1.29, 1.82) is 0 Å². The molecule has 0 saturated carbocycles. The quantitative estimate of drug-likeness (QED) is 0.783. The van der Waals surface area contributed by atoms with Gasteiger partial charge in [0.2, 0.25) is 5.91 Å². The van der Waals surface area contributed by atoms with Crippen LogP contribution >= 0.6 is 0 Å². The molecule has 0 spiro atoms. The largest absolute Gasteiger partial charge is 0.482 e. The molecule has 0 bridgehead atoms. The second-order valence-electron chi connectivity index (χ2n) is 7.16. The molecule has 1 aliphatic rings. The Hall–Kier alpha value is -3.35. The average Bonchev–Trinajstić information content (AvgIpc) is 2.72. The number of nitrogens with zero attached hydrogens (tertiary/aromatic N) is 1. The number of piperidine rings is 1. The molecule has 1 fully saturated rings. The SMILES string of the molecule is Cc1ccc(C(=O)N2CCCC(C(=O)Nc3cccc(OCC(=O)O)c3)C2)cc1. The minimum Gasteiger partial charge on any atom is -0.482 e. The number of ether oxygens (including phenoxy) is 1. The van der Waals surface area contributed by atoms with Crippen molar-refractivity contribution in [3.05, 3.63) is 59.7 Å². The number of benzene rings is 2. The summed E-state index contributed by atoms with van der Waals surface area (Å²) in [7, 11) is 0. The van der Waals surface area contributed by atoms with Crippen molar-refractivity contribution in [2.24, 2.45) is 5.92 Å². The molecular formula is C22H24N2O5. The Morgan fingerprint density at radius 3 is 2.66 bits per heavy atom. The second kappa shape index (κ2) is 9.23. The number of hydrogen-bond donors (Lipinski definition) is 2. The van der Waals surface area contributed by atoms with E-state index >= 15 is 0 Å². The Labute approximate surface area is 169 Å². The van der Waals surface area contributed by atoms with E-state index in [-0.39, 0.29) is 17.7 Å². The van der Waals surface area contributed by atoms with E-state index in [9.17, 15) is 14.4 Å². The van der Waals surface area contributed by atoms with Crippen molar-refractivity contribution in [2.75, 3.05) is 25.0 Å². The smallest absolute Gasteiger partial charge is 0.341 e. The monoisotopic (exact) mass is 396 g/mol. The number of nitrogens with one attached hydrogen (secondary N) is 1. The summed E-state index contributed by atoms with van der Waals surface area (Å²) in [6.45, 7) is 2.52. The number of amides is 2. The minimum atomic E-state index is -1.07. The number of rotatable bonds is 6. The fraction of sp³-hybridized carbons (Fsp3) is 0.318. The lowest BCUT2D eigenvalue weighted by atomic mass is 9.96. The number of aryl methyl sites for hydroxylation is 1. The highest BCUT2D eigenvalue weighted by Gasteiger charge is 2.29. The van der Waals surface area contributed by atoms with Gasteiger partial charge < -0.3 is 20.1 Å². The summed E-state index contributed by atoms with van der Waals surface area (Å²) in [4.78, 5) is 37.8. The first-order valence-electron chi connectivity index (χ1n) is 9.54. The summed E-state index contributed by atoms with van der Waals surface area (Å²) in [6, 6.07) is 14.0. The Kier molecular flexibility index (Phi) is 6.49. The Balaban J connectivity index is 1.61. The highest BCUT2D eigenvalue weighted by molar-refractivity contribution is 5.96. The molecule has 2 amide bonds. The van der Waals surface area contributed by atoms with Crippen molar-refractivity contribution in [1.82, 2.24) is 4.90 Å². The maximum absolute atomic E-state index is 12.7. The Morgan fingerprint density at radius 1 is 1.17 bits per heavy atom. The molecule has 7 heteroatoms. The van der Waals surface area contributed by atoms with Crippen LogP contribution in [0.25, 0.3) is 0 Å². The van der Waals surface area contributed by atoms with Crippen LogP contribution in [0, 0.1) is 12.8 Å². The molecule has 1 unspecified atom stereocenters. The van der Waals surface area contributed by atoms with Gasteiger partial charge in [0.1, 0.15) is 5.75 Å². The molecular weight excluding hydrogens is 372 g/mol. The van der Waals surface area contributed by atoms with Crippen LogP contribution in [-0.2, 0) is 9.59 Å². The third-order valence-corrected chi connectivity index (χ3v) is 4.84. The fourth-order valence-electron chi connectivity index (χ4n) is 3.31. The standard InChI is InChI=1S/C22H24N2O5/c1-15-7-9-16(10-8-15)22(28)24-11-3-4-17(13-24)21(27)23-18-5-2-6-19(12-18)29-14-20(25)26/h2,5-10,12,17H,3-4,11,13-14H2,1H3,(H,23,27)(H,25,26). The first-order chi connectivity index (χ1) is 13.9. The molecule has 1 saturated heterocycles. The molecule has 7 nitrogen and oxygen atoms in total. The van der Waals surface area contributed by atoms with E-state index < -0.39 is 12.6 Å². The highest BCUT2D eigenvalue weighted by atomic mass is 16.5. The van der Waals surface area contributed by atoms with E-state index in [1.54, 1.807) is 29.2 Å². The molecule has 0 aromatic heterocycles. The molecule has 1 atom stereocenters. The maximum atomic E-state index is 12.7. The van der Waals surface area contributed by atoms with E-state index in [4.69, 9.17) is 9.84 Å². The second-order valence-corrected chi connectivity index (χ2v) is 7.16. The fourth-order valence-corrected chi connectivity index (χ4v) is 3.31. The average molecular weight is 396 g/mol. The van der Waals surface area contributed by atoms with Crippen LogP contribution in [0.3, 0.4) is 0 Å². The van der Waals surface area contributed by atoms with Crippen molar-refractivity contribution in [3.8, 4) is 5.75 Å². The topological polar surface area (TPSA) is 95.9 Å². The highest BCUT2D eigenvalue weighted by Crippen LogP contribution is 2.22. The van der Waals surface area contributed by atoms with Crippen molar-refractivity contribution >= 4 is 23.5 Å². The molecule has 152 valence electrons. The number of carboxylic acids is 1. The van der Waals surface area contributed by atoms with Crippen molar-refractivity contribution in [3.63, 3.8) is 0 Å². The van der Waals surface area contributed by atoms with Gasteiger partial charge in [-0.25, -0.2) is 4.79 Å². The third kappa shape index (κ3) is 5.57. The van der Waals surface area contributed by atoms with E-state index in [0.29, 0.717) is 36.5 Å². The number of carboxylic acid groups (broad SMARTS) is 1. The first-order valence-corrected chi connectivity index (χ1v) is 9.54. The summed E-state index contributed by atoms with van der Waals surface area (Å²) in [5.41, 5.74) is 2.24. The number of hydrogen-bond acceptors (Lipinski definition) is 4. The van der Waals surface area contributed by atoms with Crippen LogP contribution in [0.1, 0.15) is 28.8 Å². The van der Waals surface area contributed by atoms with Gasteiger partial charge >= 0.3 is 5.97 Å². The molecule has 0 radical (unpaired) electrons. The van der Waals surface area contributed by atoms with Gasteiger partial charge in [-0.05, 0) is 44.0 Å². The van der Waals surface area contributed by atoms with Gasteiger partial charge in [0.05, 0.1) is 5.92 Å². The van der Waals surface area contributed by atoms with Crippen LogP contribution in [-0.4, -0.2) is 47.5 Å². The number of anilines is 1. The lowest BCUT2D eigenvalue weighted by Gasteiger charge is -2.32. The normalized spacial score (nSPS) is 16.2. The Morgan fingerprint density at radius 2 is 1.93 bits per heavy atom. The summed E-state index contributed by atoms with van der Waals surface area (Å²) < 4.78 is 5.14. The predicted molar refractivity (Wildman–Crippen MR) is 108 cm³/mol. The zero-order valence-corrected chi connectivity index (χ0v) is 16.3. The zero-order valence-electron chi connectivity index (χ0n) is 16.3. The van der Waals surface area contributed by atoms with Crippen molar-refractivity contribution in [2.45, 2.75) is 19.8 Å². The van der Waals surface area contributed by atoms with Gasteiger partial charge in [0, 0.05) is 30.4 Å². The van der Waals surface area contributed by atoms with Gasteiger partial charge in [0.25, 0.3) is 5.91 Å². The van der Waals surface area contributed by atoms with Gasteiger partial charge in [0.15, 0.2) is 6.61 Å². The zero-order chi connectivity index (χ0) is 20.8. The van der Waals surface area contributed by atoms with Crippen LogP contribution < -0.4 is 10.1 Å². The van der Waals surface area contributed by atoms with Gasteiger partial charge in [-0.1, -0.05) is 23.8 Å². The molecule has 2 aromatic carbocycles. The molecule has 0 aliphatic carbocycles. The van der Waals surface area contributed by atoms with E-state index in [0.717, 1.165) is 12.0 Å². The predicted octanol–water partition coefficient (Wildman–Crippen LogP) is 2.95. The van der Waals surface area contributed by atoms with E-state index in [1.165, 1.54) is 0 Å². The minimum absolute atomic E-state index is 0.0634. The van der Waals surface area contributed by atoms with Crippen LogP contribution in [0.4, 0.5) is 5.69 Å². The summed E-state index contributed by atoms with van der Waals surface area (Å²) in [5.74, 6) is -1.24. The molecule has 3 rings (SSSR count). The maximum Gasteiger partial charge on any atom is 0.341 e. The van der Waals surface area contributed by atoms with Gasteiger partial charge in [-0.3, -0.25) is 9.59 Å². The summed E-state index contributed by atoms with van der Waals surface area (Å²) >= 11 is 0. The molecule has 1 heterocycles. The van der Waals surface area contributed by atoms with Gasteiger partial charge in [-0.15, -0.1) is 0 Å². The number of likely N-dealkylation sites (tertiary alicyclic amines) is 1. The number of carbonyl (C=O) groups excluding carboxylic acids is 2. The molecule has 2 aromatic rings. The first kappa shape index (κ1) is 20.4. The third-order valence-electron chi connectivity index (χ3n) is 4.84. The van der Waals surface area contributed by atoms with E-state index in [1.807, 2.05) is 31.2 Å². The van der Waals surface area contributed by atoms with Crippen molar-refractivity contribution < 1.29 is 24.2 Å². The lowest BCUT2D eigenvalue weighted by molar-refractivity contribution is -0.139. The van der Waals surface area contributed by atoms with E-state index in [2.05, 4.69) is 5.32 Å². The Bertz CT molecular complexity index is 894. The van der Waals surface area contributed by atoms with Gasteiger partial charge in [-0.2, -0.15) is 0 Å². The molecule has 2 N–H and O–H groups in total. The summed E-state index contributed by atoms with van der Waals surface area (Å²) in [6.07, 6.45) is 1.47. The molecule has 1 aliphatic heterocycles. The van der Waals surface area contributed by atoms with Crippen LogP contribution in [0.5, 0.6) is 5.75 Å². The molecule has 29 heavy (non-hydrogen) atoms. The lowest BCUT2D eigenvalue weighted by Crippen LogP contribution is -2.43.